The molecule has 1 N–H and O–H groups in total. The number of carbonyl (C=O) groups excluding carboxylic acids is 1. The minimum atomic E-state index is -0.116. The fourth-order valence-electron chi connectivity index (χ4n) is 2.72. The Bertz CT molecular complexity index is 250. The summed E-state index contributed by atoms with van der Waals surface area (Å²) in [6.45, 7) is 9.84. The zero-order chi connectivity index (χ0) is 13.5. The lowest BCUT2D eigenvalue weighted by Crippen LogP contribution is -2.46. The van der Waals surface area contributed by atoms with E-state index in [1.54, 1.807) is 0 Å². The lowest BCUT2D eigenvalue weighted by molar-refractivity contribution is -0.142. The summed E-state index contributed by atoms with van der Waals surface area (Å²) in [5.41, 5.74) is 0. The second-order valence-electron chi connectivity index (χ2n) is 5.63. The fourth-order valence-corrected chi connectivity index (χ4v) is 2.72. The number of rotatable bonds is 6. The average Bonchev–Trinajstić information content (AvgIpc) is 2.36. The quantitative estimate of drug-likeness (QED) is 0.734. The molecule has 0 bridgehead atoms. The third-order valence-electron chi connectivity index (χ3n) is 3.79. The van der Waals surface area contributed by atoms with Crippen LogP contribution in [0.2, 0.25) is 0 Å². The van der Waals surface area contributed by atoms with E-state index >= 15 is 0 Å². The van der Waals surface area contributed by atoms with Crippen LogP contribution in [-0.2, 0) is 9.53 Å². The van der Waals surface area contributed by atoms with Crippen molar-refractivity contribution in [1.82, 2.24) is 10.2 Å². The van der Waals surface area contributed by atoms with Crippen LogP contribution in [0.5, 0.6) is 0 Å². The third kappa shape index (κ3) is 4.94. The summed E-state index contributed by atoms with van der Waals surface area (Å²) >= 11 is 0. The van der Waals surface area contributed by atoms with E-state index < -0.39 is 0 Å². The van der Waals surface area contributed by atoms with Crippen molar-refractivity contribution in [2.24, 2.45) is 5.92 Å². The zero-order valence-electron chi connectivity index (χ0n) is 12.2. The van der Waals surface area contributed by atoms with Gasteiger partial charge in [-0.3, -0.25) is 9.69 Å². The molecule has 0 aromatic carbocycles. The number of carbonyl (C=O) groups is 1. The summed E-state index contributed by atoms with van der Waals surface area (Å²) in [7, 11) is 1.46. The topological polar surface area (TPSA) is 41.6 Å². The molecule has 0 aliphatic carbocycles. The largest absolute Gasteiger partial charge is 0.469 e. The SMILES string of the molecule is COC(=O)CC(C)N(CC1CCCNC1)C(C)C. The highest BCUT2D eigenvalue weighted by Gasteiger charge is 2.24. The van der Waals surface area contributed by atoms with Crippen molar-refractivity contribution in [2.45, 2.75) is 52.1 Å². The van der Waals surface area contributed by atoms with Crippen molar-refractivity contribution in [3.63, 3.8) is 0 Å². The molecule has 4 nitrogen and oxygen atoms in total. The maximum absolute atomic E-state index is 11.4. The molecule has 0 aromatic rings. The van der Waals surface area contributed by atoms with Crippen LogP contribution in [0.3, 0.4) is 0 Å². The van der Waals surface area contributed by atoms with E-state index in [0.717, 1.165) is 19.6 Å². The highest BCUT2D eigenvalue weighted by atomic mass is 16.5. The van der Waals surface area contributed by atoms with Crippen molar-refractivity contribution in [3.05, 3.63) is 0 Å². The Hall–Kier alpha value is -0.610. The number of ether oxygens (including phenoxy) is 1. The van der Waals surface area contributed by atoms with Crippen molar-refractivity contribution in [1.29, 1.82) is 0 Å². The van der Waals surface area contributed by atoms with Gasteiger partial charge in [-0.05, 0) is 52.6 Å². The summed E-state index contributed by atoms with van der Waals surface area (Å²) in [5, 5.41) is 3.45. The molecule has 1 aliphatic rings. The van der Waals surface area contributed by atoms with Gasteiger partial charge in [0, 0.05) is 18.6 Å². The van der Waals surface area contributed by atoms with Gasteiger partial charge in [0.15, 0.2) is 0 Å². The van der Waals surface area contributed by atoms with Crippen LogP contribution in [0.1, 0.15) is 40.0 Å². The average molecular weight is 256 g/mol. The molecule has 1 saturated heterocycles. The van der Waals surface area contributed by atoms with E-state index in [9.17, 15) is 4.79 Å². The lowest BCUT2D eigenvalue weighted by atomic mass is 9.97. The maximum atomic E-state index is 11.4. The van der Waals surface area contributed by atoms with Crippen molar-refractivity contribution >= 4 is 5.97 Å². The molecule has 4 heteroatoms. The maximum Gasteiger partial charge on any atom is 0.307 e. The predicted molar refractivity (Wildman–Crippen MR) is 73.5 cm³/mol. The van der Waals surface area contributed by atoms with Crippen LogP contribution in [0.15, 0.2) is 0 Å². The van der Waals surface area contributed by atoms with Gasteiger partial charge in [-0.2, -0.15) is 0 Å². The highest BCUT2D eigenvalue weighted by Crippen LogP contribution is 2.17. The van der Waals surface area contributed by atoms with Gasteiger partial charge in [0.1, 0.15) is 0 Å². The molecule has 106 valence electrons. The smallest absolute Gasteiger partial charge is 0.307 e. The Kier molecular flexibility index (Phi) is 6.65. The Balaban J connectivity index is 2.49. The van der Waals surface area contributed by atoms with Gasteiger partial charge in [-0.25, -0.2) is 0 Å². The molecule has 1 fully saturated rings. The van der Waals surface area contributed by atoms with Gasteiger partial charge < -0.3 is 10.1 Å². The molecule has 2 atom stereocenters. The second-order valence-corrected chi connectivity index (χ2v) is 5.63. The van der Waals surface area contributed by atoms with E-state index in [-0.39, 0.29) is 12.0 Å². The van der Waals surface area contributed by atoms with Crippen LogP contribution >= 0.6 is 0 Å². The minimum Gasteiger partial charge on any atom is -0.469 e. The number of esters is 1. The van der Waals surface area contributed by atoms with Crippen molar-refractivity contribution in [2.75, 3.05) is 26.7 Å². The molecule has 0 amide bonds. The predicted octanol–water partition coefficient (Wildman–Crippen LogP) is 1.65. The van der Waals surface area contributed by atoms with Crippen molar-refractivity contribution in [3.8, 4) is 0 Å². The second kappa shape index (κ2) is 7.74. The van der Waals surface area contributed by atoms with Crippen LogP contribution in [-0.4, -0.2) is 49.7 Å². The Labute approximate surface area is 111 Å². The van der Waals surface area contributed by atoms with Gasteiger partial charge in [0.05, 0.1) is 13.5 Å². The van der Waals surface area contributed by atoms with E-state index in [0.29, 0.717) is 18.4 Å². The standard InChI is InChI=1S/C14H28N2O2/c1-11(2)16(12(3)8-14(17)18-4)10-13-6-5-7-15-9-13/h11-13,15H,5-10H2,1-4H3. The molecule has 1 rings (SSSR count). The number of hydrogen-bond acceptors (Lipinski definition) is 4. The van der Waals surface area contributed by atoms with Gasteiger partial charge >= 0.3 is 5.97 Å². The zero-order valence-corrected chi connectivity index (χ0v) is 12.2. The van der Waals surface area contributed by atoms with Gasteiger partial charge in [0.2, 0.25) is 0 Å². The summed E-state index contributed by atoms with van der Waals surface area (Å²) in [5.74, 6) is 0.594. The first-order valence-electron chi connectivity index (χ1n) is 7.07. The summed E-state index contributed by atoms with van der Waals surface area (Å²) in [6.07, 6.45) is 3.04. The van der Waals surface area contributed by atoms with Crippen LogP contribution < -0.4 is 5.32 Å². The Morgan fingerprint density at radius 3 is 2.67 bits per heavy atom. The molecule has 0 spiro atoms. The molecule has 2 unspecified atom stereocenters. The molecular formula is C14H28N2O2. The third-order valence-corrected chi connectivity index (χ3v) is 3.79. The van der Waals surface area contributed by atoms with E-state index in [4.69, 9.17) is 4.74 Å². The summed E-state index contributed by atoms with van der Waals surface area (Å²) in [4.78, 5) is 13.8. The molecule has 0 radical (unpaired) electrons. The van der Waals surface area contributed by atoms with Crippen LogP contribution in [0.25, 0.3) is 0 Å². The summed E-state index contributed by atoms with van der Waals surface area (Å²) in [6, 6.07) is 0.714. The summed E-state index contributed by atoms with van der Waals surface area (Å²) < 4.78 is 4.76. The number of nitrogens with one attached hydrogen (secondary N) is 1. The molecular weight excluding hydrogens is 228 g/mol. The van der Waals surface area contributed by atoms with E-state index in [2.05, 4.69) is 31.0 Å². The number of nitrogens with zero attached hydrogens (tertiary/aromatic N) is 1. The molecule has 0 saturated carbocycles. The molecule has 0 aromatic heterocycles. The first-order chi connectivity index (χ1) is 8.54. The molecule has 1 heterocycles. The fraction of sp³-hybridized carbons (Fsp3) is 0.929. The molecule has 18 heavy (non-hydrogen) atoms. The van der Waals surface area contributed by atoms with Crippen molar-refractivity contribution < 1.29 is 9.53 Å². The molecule has 1 aliphatic heterocycles. The van der Waals surface area contributed by atoms with E-state index in [1.807, 2.05) is 0 Å². The number of hydrogen-bond donors (Lipinski definition) is 1. The van der Waals surface area contributed by atoms with Gasteiger partial charge in [-0.15, -0.1) is 0 Å². The van der Waals surface area contributed by atoms with E-state index in [1.165, 1.54) is 20.0 Å². The Morgan fingerprint density at radius 2 is 2.17 bits per heavy atom. The normalized spacial score (nSPS) is 22.2. The number of piperidine rings is 1. The van der Waals surface area contributed by atoms with Gasteiger partial charge in [-0.1, -0.05) is 0 Å². The van der Waals surface area contributed by atoms with Gasteiger partial charge in [0.25, 0.3) is 0 Å². The Morgan fingerprint density at radius 1 is 1.44 bits per heavy atom. The lowest BCUT2D eigenvalue weighted by Gasteiger charge is -2.36. The first kappa shape index (κ1) is 15.4. The first-order valence-corrected chi connectivity index (χ1v) is 7.07. The highest BCUT2D eigenvalue weighted by molar-refractivity contribution is 5.69. The van der Waals surface area contributed by atoms with Crippen LogP contribution in [0, 0.1) is 5.92 Å². The minimum absolute atomic E-state index is 0.116. The monoisotopic (exact) mass is 256 g/mol. The van der Waals surface area contributed by atoms with Crippen LogP contribution in [0.4, 0.5) is 0 Å². The number of methoxy groups -OCH3 is 1.